The number of rotatable bonds is 8. The van der Waals surface area contributed by atoms with Crippen LogP contribution in [-0.4, -0.2) is 29.3 Å². The quantitative estimate of drug-likeness (QED) is 0.753. The molecule has 0 fully saturated rings. The Morgan fingerprint density at radius 3 is 2.85 bits per heavy atom. The maximum atomic E-state index is 5.56. The van der Waals surface area contributed by atoms with Gasteiger partial charge < -0.3 is 14.6 Å². The van der Waals surface area contributed by atoms with Crippen molar-refractivity contribution in [3.05, 3.63) is 30.1 Å². The number of hydrogen-bond donors (Lipinski definition) is 1. The Bertz CT molecular complexity index is 534. The van der Waals surface area contributed by atoms with Gasteiger partial charge in [-0.1, -0.05) is 26.0 Å². The summed E-state index contributed by atoms with van der Waals surface area (Å²) < 4.78 is 7.71. The standard InChI is InChI=1S/C16H25N3O/c1-13(2)12-20-10-6-9-17-11-16-18-14-7-4-5-8-15(14)19(16)3/h4-5,7-8,13,17H,6,9-12H2,1-3H3. The number of aromatic nitrogens is 2. The molecule has 2 rings (SSSR count). The molecular formula is C16H25N3O. The Morgan fingerprint density at radius 2 is 2.10 bits per heavy atom. The predicted octanol–water partition coefficient (Wildman–Crippen LogP) is 2.73. The van der Waals surface area contributed by atoms with Gasteiger partial charge >= 0.3 is 0 Å². The molecule has 110 valence electrons. The molecule has 0 aliphatic carbocycles. The summed E-state index contributed by atoms with van der Waals surface area (Å²) in [5.41, 5.74) is 2.25. The maximum absolute atomic E-state index is 5.56. The van der Waals surface area contributed by atoms with Crippen LogP contribution in [0, 0.1) is 5.92 Å². The minimum atomic E-state index is 0.614. The average molecular weight is 275 g/mol. The van der Waals surface area contributed by atoms with Gasteiger partial charge in [0.05, 0.1) is 17.6 Å². The number of imidazole rings is 1. The topological polar surface area (TPSA) is 39.1 Å². The van der Waals surface area contributed by atoms with Crippen molar-refractivity contribution in [1.82, 2.24) is 14.9 Å². The van der Waals surface area contributed by atoms with Crippen LogP contribution in [0.4, 0.5) is 0 Å². The third-order valence-corrected chi connectivity index (χ3v) is 3.26. The van der Waals surface area contributed by atoms with Crippen molar-refractivity contribution in [3.63, 3.8) is 0 Å². The fourth-order valence-electron chi connectivity index (χ4n) is 2.17. The van der Waals surface area contributed by atoms with Crippen LogP contribution in [0.15, 0.2) is 24.3 Å². The zero-order chi connectivity index (χ0) is 14.4. The number of nitrogens with zero attached hydrogens (tertiary/aromatic N) is 2. The number of hydrogen-bond acceptors (Lipinski definition) is 3. The summed E-state index contributed by atoms with van der Waals surface area (Å²) >= 11 is 0. The zero-order valence-corrected chi connectivity index (χ0v) is 12.7. The summed E-state index contributed by atoms with van der Waals surface area (Å²) in [5, 5.41) is 3.43. The van der Waals surface area contributed by atoms with Crippen LogP contribution in [0.3, 0.4) is 0 Å². The van der Waals surface area contributed by atoms with Gasteiger partial charge in [0, 0.05) is 20.3 Å². The Kier molecular flexibility index (Phi) is 5.56. The van der Waals surface area contributed by atoms with E-state index in [1.807, 2.05) is 12.1 Å². The van der Waals surface area contributed by atoms with Crippen LogP contribution in [0.2, 0.25) is 0 Å². The first-order valence-electron chi connectivity index (χ1n) is 7.37. The van der Waals surface area contributed by atoms with E-state index in [1.54, 1.807) is 0 Å². The van der Waals surface area contributed by atoms with Gasteiger partial charge in [0.25, 0.3) is 0 Å². The molecule has 1 aromatic heterocycles. The molecule has 2 aromatic rings. The molecule has 0 amide bonds. The monoisotopic (exact) mass is 275 g/mol. The molecule has 0 bridgehead atoms. The summed E-state index contributed by atoms with van der Waals surface area (Å²) in [5.74, 6) is 1.69. The highest BCUT2D eigenvalue weighted by atomic mass is 16.5. The second-order valence-electron chi connectivity index (χ2n) is 5.57. The summed E-state index contributed by atoms with van der Waals surface area (Å²) in [6, 6.07) is 8.23. The lowest BCUT2D eigenvalue weighted by atomic mass is 10.2. The molecule has 1 N–H and O–H groups in total. The Balaban J connectivity index is 1.72. The molecule has 4 heteroatoms. The predicted molar refractivity (Wildman–Crippen MR) is 82.7 cm³/mol. The van der Waals surface area contributed by atoms with Crippen molar-refractivity contribution in [2.75, 3.05) is 19.8 Å². The van der Waals surface area contributed by atoms with Crippen molar-refractivity contribution < 1.29 is 4.74 Å². The Hall–Kier alpha value is -1.39. The van der Waals surface area contributed by atoms with E-state index < -0.39 is 0 Å². The third kappa shape index (κ3) is 4.05. The molecule has 20 heavy (non-hydrogen) atoms. The summed E-state index contributed by atoms with van der Waals surface area (Å²) in [4.78, 5) is 4.64. The van der Waals surface area contributed by atoms with Gasteiger partial charge in [0.2, 0.25) is 0 Å². The fraction of sp³-hybridized carbons (Fsp3) is 0.562. The molecule has 0 radical (unpaired) electrons. The summed E-state index contributed by atoms with van der Waals surface area (Å²) in [7, 11) is 2.07. The molecule has 0 aliphatic heterocycles. The highest BCUT2D eigenvalue weighted by molar-refractivity contribution is 5.75. The molecular weight excluding hydrogens is 250 g/mol. The van der Waals surface area contributed by atoms with Crippen LogP contribution in [0.5, 0.6) is 0 Å². The largest absolute Gasteiger partial charge is 0.381 e. The number of ether oxygens (including phenoxy) is 1. The second-order valence-corrected chi connectivity index (χ2v) is 5.57. The molecule has 0 unspecified atom stereocenters. The zero-order valence-electron chi connectivity index (χ0n) is 12.7. The highest BCUT2D eigenvalue weighted by Crippen LogP contribution is 2.13. The van der Waals surface area contributed by atoms with E-state index in [4.69, 9.17) is 4.74 Å². The van der Waals surface area contributed by atoms with Gasteiger partial charge in [0.15, 0.2) is 0 Å². The lowest BCUT2D eigenvalue weighted by molar-refractivity contribution is 0.108. The third-order valence-electron chi connectivity index (χ3n) is 3.26. The average Bonchev–Trinajstić information content (AvgIpc) is 2.75. The van der Waals surface area contributed by atoms with Crippen LogP contribution in [-0.2, 0) is 18.3 Å². The van der Waals surface area contributed by atoms with E-state index in [-0.39, 0.29) is 0 Å². The van der Waals surface area contributed by atoms with Gasteiger partial charge in [0.1, 0.15) is 5.82 Å². The first-order chi connectivity index (χ1) is 9.68. The van der Waals surface area contributed by atoms with Gasteiger partial charge in [-0.15, -0.1) is 0 Å². The van der Waals surface area contributed by atoms with E-state index in [1.165, 1.54) is 5.52 Å². The lowest BCUT2D eigenvalue weighted by Gasteiger charge is -2.07. The van der Waals surface area contributed by atoms with Gasteiger partial charge in [-0.3, -0.25) is 0 Å². The van der Waals surface area contributed by atoms with Crippen molar-refractivity contribution in [2.45, 2.75) is 26.8 Å². The number of aryl methyl sites for hydroxylation is 1. The van der Waals surface area contributed by atoms with E-state index in [0.29, 0.717) is 5.92 Å². The molecule has 0 saturated carbocycles. The molecule has 4 nitrogen and oxygen atoms in total. The summed E-state index contributed by atoms with van der Waals surface area (Å²) in [6.45, 7) is 7.78. The fourth-order valence-corrected chi connectivity index (χ4v) is 2.17. The Morgan fingerprint density at radius 1 is 1.30 bits per heavy atom. The number of nitrogens with one attached hydrogen (secondary N) is 1. The smallest absolute Gasteiger partial charge is 0.123 e. The van der Waals surface area contributed by atoms with E-state index >= 15 is 0 Å². The molecule has 0 aliphatic rings. The van der Waals surface area contributed by atoms with Gasteiger partial charge in [-0.2, -0.15) is 0 Å². The number of para-hydroxylation sites is 2. The highest BCUT2D eigenvalue weighted by Gasteiger charge is 2.05. The maximum Gasteiger partial charge on any atom is 0.123 e. The van der Waals surface area contributed by atoms with Crippen molar-refractivity contribution in [2.24, 2.45) is 13.0 Å². The van der Waals surface area contributed by atoms with Crippen molar-refractivity contribution in [3.8, 4) is 0 Å². The first-order valence-corrected chi connectivity index (χ1v) is 7.37. The number of benzene rings is 1. The normalized spacial score (nSPS) is 11.6. The molecule has 1 aromatic carbocycles. The van der Waals surface area contributed by atoms with Crippen molar-refractivity contribution in [1.29, 1.82) is 0 Å². The van der Waals surface area contributed by atoms with Gasteiger partial charge in [-0.25, -0.2) is 4.98 Å². The molecule has 0 spiro atoms. The number of fused-ring (bicyclic) bond motifs is 1. The lowest BCUT2D eigenvalue weighted by Crippen LogP contribution is -2.19. The van der Waals surface area contributed by atoms with Crippen LogP contribution in [0.1, 0.15) is 26.1 Å². The van der Waals surface area contributed by atoms with E-state index in [0.717, 1.165) is 44.1 Å². The van der Waals surface area contributed by atoms with Gasteiger partial charge in [-0.05, 0) is 31.0 Å². The van der Waals surface area contributed by atoms with Crippen LogP contribution < -0.4 is 5.32 Å². The molecule has 0 atom stereocenters. The summed E-state index contributed by atoms with van der Waals surface area (Å²) in [6.07, 6.45) is 1.04. The Labute approximate surface area is 121 Å². The SMILES string of the molecule is CC(C)COCCCNCc1nc2ccccc2n1C. The van der Waals surface area contributed by atoms with E-state index in [2.05, 4.69) is 47.9 Å². The first kappa shape index (κ1) is 15.0. The minimum absolute atomic E-state index is 0.614. The second kappa shape index (κ2) is 7.41. The van der Waals surface area contributed by atoms with E-state index in [9.17, 15) is 0 Å². The van der Waals surface area contributed by atoms with Crippen LogP contribution in [0.25, 0.3) is 11.0 Å². The van der Waals surface area contributed by atoms with Crippen LogP contribution >= 0.6 is 0 Å². The molecule has 0 saturated heterocycles. The molecule has 1 heterocycles. The minimum Gasteiger partial charge on any atom is -0.381 e. The van der Waals surface area contributed by atoms with Crippen molar-refractivity contribution >= 4 is 11.0 Å².